The number of benzene rings is 3. The van der Waals surface area contributed by atoms with E-state index >= 15 is 0 Å². The summed E-state index contributed by atoms with van der Waals surface area (Å²) in [6.07, 6.45) is 2.28. The Bertz CT molecular complexity index is 1480. The molecule has 5 rings (SSSR count). The van der Waals surface area contributed by atoms with Crippen LogP contribution in [0.25, 0.3) is 22.0 Å². The van der Waals surface area contributed by atoms with Crippen LogP contribution in [-0.2, 0) is 6.42 Å². The standard InChI is InChI=1S/C28H26FN3O5/c1-30-27(34)18-8-16(9-20(29)10-18)17-12-23(26-25(13-17)36-6-7-37-26)28(35)32-21(15-33)11-19-14-31-24-5-3-2-4-22(19)24/h2-5,8-10,12-14,21,31,33H,6-7,11,15H2,1H3,(H,30,34)(H,32,35)/t21-/m1/s1. The van der Waals surface area contributed by atoms with Crippen molar-refractivity contribution in [1.82, 2.24) is 15.6 Å². The number of carbonyl (C=O) groups excluding carboxylic acids is 2. The predicted octanol–water partition coefficient (Wildman–Crippen LogP) is 3.44. The Hall–Kier alpha value is -4.37. The first-order valence-corrected chi connectivity index (χ1v) is 11.9. The number of aliphatic hydroxyl groups is 1. The number of nitrogens with one attached hydrogen (secondary N) is 3. The summed E-state index contributed by atoms with van der Waals surface area (Å²) in [5, 5.41) is 16.4. The lowest BCUT2D eigenvalue weighted by molar-refractivity contribution is 0.0904. The molecule has 0 bridgehead atoms. The van der Waals surface area contributed by atoms with E-state index in [1.807, 2.05) is 30.5 Å². The Morgan fingerprint density at radius 1 is 1.05 bits per heavy atom. The molecule has 2 heterocycles. The van der Waals surface area contributed by atoms with Gasteiger partial charge in [-0.1, -0.05) is 18.2 Å². The van der Waals surface area contributed by atoms with E-state index in [9.17, 15) is 19.1 Å². The Balaban J connectivity index is 1.47. The van der Waals surface area contributed by atoms with E-state index in [1.54, 1.807) is 18.2 Å². The molecule has 190 valence electrons. The van der Waals surface area contributed by atoms with Crippen LogP contribution in [0.1, 0.15) is 26.3 Å². The van der Waals surface area contributed by atoms with Crippen LogP contribution in [0.4, 0.5) is 4.39 Å². The molecule has 0 fully saturated rings. The smallest absolute Gasteiger partial charge is 0.255 e. The lowest BCUT2D eigenvalue weighted by atomic mass is 9.98. The van der Waals surface area contributed by atoms with Crippen LogP contribution in [0, 0.1) is 5.82 Å². The van der Waals surface area contributed by atoms with Crippen molar-refractivity contribution in [1.29, 1.82) is 0 Å². The van der Waals surface area contributed by atoms with E-state index in [0.29, 0.717) is 29.9 Å². The monoisotopic (exact) mass is 503 g/mol. The number of H-pyrrole nitrogens is 1. The number of aromatic amines is 1. The van der Waals surface area contributed by atoms with Crippen LogP contribution in [0.2, 0.25) is 0 Å². The maximum absolute atomic E-state index is 14.4. The zero-order chi connectivity index (χ0) is 25.9. The summed E-state index contributed by atoms with van der Waals surface area (Å²) in [5.41, 5.74) is 3.16. The average molecular weight is 504 g/mol. The fourth-order valence-corrected chi connectivity index (χ4v) is 4.51. The van der Waals surface area contributed by atoms with Crippen LogP contribution in [0.5, 0.6) is 11.5 Å². The van der Waals surface area contributed by atoms with Crippen LogP contribution < -0.4 is 20.1 Å². The number of hydrogen-bond donors (Lipinski definition) is 4. The molecular weight excluding hydrogens is 477 g/mol. The first-order chi connectivity index (χ1) is 18.0. The summed E-state index contributed by atoms with van der Waals surface area (Å²) in [4.78, 5) is 28.8. The summed E-state index contributed by atoms with van der Waals surface area (Å²) in [5.74, 6) is -0.864. The fraction of sp³-hybridized carbons (Fsp3) is 0.214. The molecule has 0 saturated heterocycles. The van der Waals surface area contributed by atoms with Gasteiger partial charge in [0.25, 0.3) is 11.8 Å². The molecule has 0 spiro atoms. The number of amides is 2. The third-order valence-electron chi connectivity index (χ3n) is 6.30. The van der Waals surface area contributed by atoms with E-state index in [0.717, 1.165) is 22.5 Å². The number of rotatable bonds is 7. The highest BCUT2D eigenvalue weighted by Crippen LogP contribution is 2.39. The Labute approximate surface area is 212 Å². The minimum atomic E-state index is -0.587. The average Bonchev–Trinajstić information content (AvgIpc) is 3.33. The number of aromatic nitrogens is 1. The van der Waals surface area contributed by atoms with Crippen LogP contribution in [0.3, 0.4) is 0 Å². The molecule has 0 radical (unpaired) electrons. The number of hydrogen-bond acceptors (Lipinski definition) is 5. The van der Waals surface area contributed by atoms with E-state index < -0.39 is 23.7 Å². The van der Waals surface area contributed by atoms with E-state index in [1.165, 1.54) is 13.1 Å². The van der Waals surface area contributed by atoms with Gasteiger partial charge in [0.1, 0.15) is 19.0 Å². The van der Waals surface area contributed by atoms with Crippen molar-refractivity contribution < 1.29 is 28.6 Å². The second kappa shape index (κ2) is 10.3. The molecule has 1 aliphatic rings. The molecule has 0 aliphatic carbocycles. The SMILES string of the molecule is CNC(=O)c1cc(F)cc(-c2cc3c(c(C(=O)N[C@@H](CO)Cc4c[nH]c5ccccc45)c2)OCCO3)c1. The van der Waals surface area contributed by atoms with Gasteiger partial charge in [0, 0.05) is 29.7 Å². The van der Waals surface area contributed by atoms with Crippen molar-refractivity contribution in [3.63, 3.8) is 0 Å². The van der Waals surface area contributed by atoms with Gasteiger partial charge in [-0.15, -0.1) is 0 Å². The second-order valence-electron chi connectivity index (χ2n) is 8.77. The largest absolute Gasteiger partial charge is 0.486 e. The predicted molar refractivity (Wildman–Crippen MR) is 137 cm³/mol. The van der Waals surface area contributed by atoms with Gasteiger partial charge in [-0.05, 0) is 59.5 Å². The summed E-state index contributed by atoms with van der Waals surface area (Å²) in [6.45, 7) is 0.292. The number of ether oxygens (including phenoxy) is 2. The lowest BCUT2D eigenvalue weighted by Gasteiger charge is -2.23. The van der Waals surface area contributed by atoms with Crippen molar-refractivity contribution >= 4 is 22.7 Å². The van der Waals surface area contributed by atoms with Gasteiger partial charge in [0.05, 0.1) is 18.2 Å². The molecular formula is C28H26FN3O5. The third kappa shape index (κ3) is 4.99. The number of halogens is 1. The summed E-state index contributed by atoms with van der Waals surface area (Å²) < 4.78 is 25.9. The number of aliphatic hydroxyl groups excluding tert-OH is 1. The Morgan fingerprint density at radius 3 is 2.65 bits per heavy atom. The molecule has 0 unspecified atom stereocenters. The van der Waals surface area contributed by atoms with E-state index in [4.69, 9.17) is 9.47 Å². The number of fused-ring (bicyclic) bond motifs is 2. The molecule has 0 saturated carbocycles. The van der Waals surface area contributed by atoms with Crippen molar-refractivity contribution in [3.8, 4) is 22.6 Å². The lowest BCUT2D eigenvalue weighted by Crippen LogP contribution is -2.39. The maximum Gasteiger partial charge on any atom is 0.255 e. The van der Waals surface area contributed by atoms with Crippen molar-refractivity contribution in [2.24, 2.45) is 0 Å². The second-order valence-corrected chi connectivity index (χ2v) is 8.77. The van der Waals surface area contributed by atoms with Gasteiger partial charge in [-0.3, -0.25) is 9.59 Å². The van der Waals surface area contributed by atoms with Gasteiger partial charge in [0.2, 0.25) is 0 Å². The molecule has 8 nitrogen and oxygen atoms in total. The Kier molecular flexibility index (Phi) is 6.78. The highest BCUT2D eigenvalue weighted by Gasteiger charge is 2.25. The van der Waals surface area contributed by atoms with Crippen molar-refractivity contribution in [2.75, 3.05) is 26.9 Å². The molecule has 1 atom stereocenters. The molecule has 2 amide bonds. The van der Waals surface area contributed by atoms with Crippen LogP contribution >= 0.6 is 0 Å². The van der Waals surface area contributed by atoms with Gasteiger partial charge in [-0.25, -0.2) is 4.39 Å². The van der Waals surface area contributed by atoms with Gasteiger partial charge < -0.3 is 30.2 Å². The summed E-state index contributed by atoms with van der Waals surface area (Å²) >= 11 is 0. The number of para-hydroxylation sites is 1. The molecule has 3 aromatic carbocycles. The van der Waals surface area contributed by atoms with Gasteiger partial charge in [0.15, 0.2) is 11.5 Å². The molecule has 4 aromatic rings. The first kappa shape index (κ1) is 24.3. The Morgan fingerprint density at radius 2 is 1.84 bits per heavy atom. The fourth-order valence-electron chi connectivity index (χ4n) is 4.51. The first-order valence-electron chi connectivity index (χ1n) is 11.9. The highest BCUT2D eigenvalue weighted by molar-refractivity contribution is 6.00. The molecule has 1 aliphatic heterocycles. The van der Waals surface area contributed by atoms with E-state index in [-0.39, 0.29) is 30.1 Å². The molecule has 37 heavy (non-hydrogen) atoms. The molecule has 4 N–H and O–H groups in total. The van der Waals surface area contributed by atoms with Crippen molar-refractivity contribution in [3.05, 3.63) is 83.3 Å². The van der Waals surface area contributed by atoms with Crippen LogP contribution in [0.15, 0.2) is 60.8 Å². The summed E-state index contributed by atoms with van der Waals surface area (Å²) in [7, 11) is 1.47. The number of carbonyl (C=O) groups is 2. The maximum atomic E-state index is 14.4. The van der Waals surface area contributed by atoms with Crippen molar-refractivity contribution in [2.45, 2.75) is 12.5 Å². The minimum absolute atomic E-state index is 0.150. The zero-order valence-electron chi connectivity index (χ0n) is 20.1. The highest BCUT2D eigenvalue weighted by atomic mass is 19.1. The van der Waals surface area contributed by atoms with Gasteiger partial charge in [-0.2, -0.15) is 0 Å². The third-order valence-corrected chi connectivity index (χ3v) is 6.30. The molecule has 1 aromatic heterocycles. The van der Waals surface area contributed by atoms with Gasteiger partial charge >= 0.3 is 0 Å². The molecule has 9 heteroatoms. The summed E-state index contributed by atoms with van der Waals surface area (Å²) in [6, 6.07) is 14.4. The normalized spacial score (nSPS) is 13.3. The quantitative estimate of drug-likeness (QED) is 0.309. The minimum Gasteiger partial charge on any atom is -0.486 e. The van der Waals surface area contributed by atoms with Crippen LogP contribution in [-0.4, -0.2) is 54.8 Å². The topological polar surface area (TPSA) is 113 Å². The zero-order valence-corrected chi connectivity index (χ0v) is 20.1. The van der Waals surface area contributed by atoms with E-state index in [2.05, 4.69) is 15.6 Å².